The monoisotopic (exact) mass is 295 g/mol. The van der Waals surface area contributed by atoms with Crippen LogP contribution in [0, 0.1) is 11.7 Å². The Morgan fingerprint density at radius 3 is 2.43 bits per heavy atom. The van der Waals surface area contributed by atoms with Crippen molar-refractivity contribution in [2.75, 3.05) is 6.54 Å². The number of hydrogen-bond acceptors (Lipinski definition) is 2. The molecule has 0 fully saturated rings. The maximum absolute atomic E-state index is 12.9. The van der Waals surface area contributed by atoms with Crippen LogP contribution in [-0.4, -0.2) is 28.4 Å². The van der Waals surface area contributed by atoms with Crippen LogP contribution < -0.4 is 0 Å². The number of aliphatic carboxylic acids is 1. The number of halogens is 1. The highest BCUT2D eigenvalue weighted by molar-refractivity contribution is 5.77. The highest BCUT2D eigenvalue weighted by atomic mass is 19.1. The highest BCUT2D eigenvalue weighted by Crippen LogP contribution is 2.12. The highest BCUT2D eigenvalue weighted by Gasteiger charge is 2.20. The molecule has 0 bridgehead atoms. The predicted octanol–water partition coefficient (Wildman–Crippen LogP) is 3.07. The van der Waals surface area contributed by atoms with Gasteiger partial charge in [-0.3, -0.25) is 9.59 Å². The fourth-order valence-electron chi connectivity index (χ4n) is 1.96. The first-order valence-corrected chi connectivity index (χ1v) is 7.19. The molecule has 0 aliphatic carbocycles. The van der Waals surface area contributed by atoms with E-state index in [-0.39, 0.29) is 18.3 Å². The summed E-state index contributed by atoms with van der Waals surface area (Å²) < 4.78 is 12.9. The van der Waals surface area contributed by atoms with Gasteiger partial charge in [-0.05, 0) is 24.1 Å². The first kappa shape index (κ1) is 17.1. The molecule has 0 saturated carbocycles. The Morgan fingerprint density at radius 1 is 1.29 bits per heavy atom. The van der Waals surface area contributed by atoms with Crippen molar-refractivity contribution in [2.45, 2.75) is 39.7 Å². The van der Waals surface area contributed by atoms with Crippen LogP contribution in [0.25, 0.3) is 0 Å². The number of carboxylic acid groups (broad SMARTS) is 1. The summed E-state index contributed by atoms with van der Waals surface area (Å²) in [6.07, 6.45) is 2.09. The molecule has 21 heavy (non-hydrogen) atoms. The first-order chi connectivity index (χ1) is 9.93. The Hall–Kier alpha value is -1.91. The number of unbranched alkanes of at least 4 members (excludes halogenated alkanes) is 1. The van der Waals surface area contributed by atoms with Gasteiger partial charge >= 0.3 is 5.97 Å². The largest absolute Gasteiger partial charge is 0.481 e. The van der Waals surface area contributed by atoms with Gasteiger partial charge in [-0.25, -0.2) is 4.39 Å². The average Bonchev–Trinajstić information content (AvgIpc) is 2.46. The molecule has 1 N–H and O–H groups in total. The van der Waals surface area contributed by atoms with E-state index in [1.165, 1.54) is 12.1 Å². The van der Waals surface area contributed by atoms with E-state index in [0.29, 0.717) is 13.0 Å². The Kier molecular flexibility index (Phi) is 6.85. The molecule has 116 valence electrons. The zero-order valence-corrected chi connectivity index (χ0v) is 12.5. The summed E-state index contributed by atoms with van der Waals surface area (Å²) in [4.78, 5) is 24.7. The van der Waals surface area contributed by atoms with E-state index in [1.807, 2.05) is 6.92 Å². The number of hydrogen-bond donors (Lipinski definition) is 1. The van der Waals surface area contributed by atoms with E-state index in [0.717, 1.165) is 18.4 Å². The van der Waals surface area contributed by atoms with Crippen LogP contribution in [0.2, 0.25) is 0 Å². The van der Waals surface area contributed by atoms with Gasteiger partial charge in [0.25, 0.3) is 0 Å². The molecule has 5 heteroatoms. The molecule has 1 aromatic rings. The average molecular weight is 295 g/mol. The number of carboxylic acids is 1. The standard InChI is InChI=1S/C16H22FNO3/c1-3-4-5-15(19)18(10-12(2)16(20)21)11-13-6-8-14(17)9-7-13/h6-9,12H,3-5,10-11H2,1-2H3,(H,20,21). The lowest BCUT2D eigenvalue weighted by molar-refractivity contribution is -0.143. The predicted molar refractivity (Wildman–Crippen MR) is 78.1 cm³/mol. The maximum atomic E-state index is 12.9. The summed E-state index contributed by atoms with van der Waals surface area (Å²) in [6.45, 7) is 4.04. The molecule has 0 aliphatic heterocycles. The van der Waals surface area contributed by atoms with Crippen molar-refractivity contribution >= 4 is 11.9 Å². The van der Waals surface area contributed by atoms with Gasteiger partial charge in [-0.2, -0.15) is 0 Å². The Balaban J connectivity index is 2.77. The van der Waals surface area contributed by atoms with Gasteiger partial charge < -0.3 is 10.0 Å². The Morgan fingerprint density at radius 2 is 1.90 bits per heavy atom. The third-order valence-corrected chi connectivity index (χ3v) is 3.30. The van der Waals surface area contributed by atoms with Gasteiger partial charge in [-0.15, -0.1) is 0 Å². The SMILES string of the molecule is CCCCC(=O)N(Cc1ccc(F)cc1)CC(C)C(=O)O. The van der Waals surface area contributed by atoms with Gasteiger partial charge in [0.1, 0.15) is 5.82 Å². The molecule has 1 aromatic carbocycles. The lowest BCUT2D eigenvalue weighted by atomic mass is 10.1. The summed E-state index contributed by atoms with van der Waals surface area (Å²) in [6, 6.07) is 5.90. The Labute approximate surface area is 124 Å². The molecule has 0 saturated heterocycles. The number of carbonyl (C=O) groups is 2. The smallest absolute Gasteiger partial charge is 0.308 e. The number of nitrogens with zero attached hydrogens (tertiary/aromatic N) is 1. The van der Waals surface area contributed by atoms with Crippen LogP contribution in [0.15, 0.2) is 24.3 Å². The number of amides is 1. The summed E-state index contributed by atoms with van der Waals surface area (Å²) in [5.41, 5.74) is 0.791. The van der Waals surface area contributed by atoms with Crippen LogP contribution >= 0.6 is 0 Å². The minimum Gasteiger partial charge on any atom is -0.481 e. The van der Waals surface area contributed by atoms with Crippen molar-refractivity contribution < 1.29 is 19.1 Å². The lowest BCUT2D eigenvalue weighted by Crippen LogP contribution is -2.36. The number of carbonyl (C=O) groups excluding carboxylic acids is 1. The first-order valence-electron chi connectivity index (χ1n) is 7.19. The second-order valence-electron chi connectivity index (χ2n) is 5.24. The minimum absolute atomic E-state index is 0.0609. The molecule has 0 aromatic heterocycles. The summed E-state index contributed by atoms with van der Waals surface area (Å²) in [5.74, 6) is -1.95. The van der Waals surface area contributed by atoms with Gasteiger partial charge in [0.2, 0.25) is 5.91 Å². The van der Waals surface area contributed by atoms with Crippen LogP contribution in [0.3, 0.4) is 0 Å². The van der Waals surface area contributed by atoms with Crippen molar-refractivity contribution in [3.05, 3.63) is 35.6 Å². The van der Waals surface area contributed by atoms with E-state index < -0.39 is 11.9 Å². The lowest BCUT2D eigenvalue weighted by Gasteiger charge is -2.25. The van der Waals surface area contributed by atoms with Crippen molar-refractivity contribution in [1.82, 2.24) is 4.90 Å². The molecule has 1 atom stereocenters. The molecule has 1 rings (SSSR count). The zero-order valence-electron chi connectivity index (χ0n) is 12.5. The van der Waals surface area contributed by atoms with E-state index in [1.54, 1.807) is 24.0 Å². The molecule has 0 heterocycles. The fourth-order valence-corrected chi connectivity index (χ4v) is 1.96. The maximum Gasteiger partial charge on any atom is 0.308 e. The van der Waals surface area contributed by atoms with Crippen LogP contribution in [0.4, 0.5) is 4.39 Å². The van der Waals surface area contributed by atoms with E-state index >= 15 is 0 Å². The van der Waals surface area contributed by atoms with Crippen LogP contribution in [0.1, 0.15) is 38.7 Å². The molecule has 1 amide bonds. The van der Waals surface area contributed by atoms with E-state index in [4.69, 9.17) is 5.11 Å². The van der Waals surface area contributed by atoms with Crippen LogP contribution in [0.5, 0.6) is 0 Å². The summed E-state index contributed by atoms with van der Waals surface area (Å²) in [5, 5.41) is 9.00. The van der Waals surface area contributed by atoms with Crippen LogP contribution in [-0.2, 0) is 16.1 Å². The third-order valence-electron chi connectivity index (χ3n) is 3.30. The fraction of sp³-hybridized carbons (Fsp3) is 0.500. The topological polar surface area (TPSA) is 57.6 Å². The van der Waals surface area contributed by atoms with Crippen molar-refractivity contribution in [1.29, 1.82) is 0 Å². The minimum atomic E-state index is -0.928. The van der Waals surface area contributed by atoms with Gasteiger partial charge in [0.15, 0.2) is 0 Å². The molecule has 1 unspecified atom stereocenters. The molecule has 4 nitrogen and oxygen atoms in total. The van der Waals surface area contributed by atoms with Gasteiger partial charge in [0, 0.05) is 19.5 Å². The number of rotatable bonds is 8. The molecule has 0 radical (unpaired) electrons. The van der Waals surface area contributed by atoms with E-state index in [2.05, 4.69) is 0 Å². The van der Waals surface area contributed by atoms with E-state index in [9.17, 15) is 14.0 Å². The normalized spacial score (nSPS) is 12.0. The quantitative estimate of drug-likeness (QED) is 0.802. The second kappa shape index (κ2) is 8.39. The van der Waals surface area contributed by atoms with Crippen molar-refractivity contribution in [2.24, 2.45) is 5.92 Å². The molecule has 0 spiro atoms. The third kappa shape index (κ3) is 5.94. The molecular formula is C16H22FNO3. The van der Waals surface area contributed by atoms with Crippen molar-refractivity contribution in [3.63, 3.8) is 0 Å². The van der Waals surface area contributed by atoms with Gasteiger partial charge in [-0.1, -0.05) is 32.4 Å². The van der Waals surface area contributed by atoms with Crippen molar-refractivity contribution in [3.8, 4) is 0 Å². The summed E-state index contributed by atoms with van der Waals surface area (Å²) in [7, 11) is 0. The number of benzene rings is 1. The second-order valence-corrected chi connectivity index (χ2v) is 5.24. The zero-order chi connectivity index (χ0) is 15.8. The summed E-state index contributed by atoms with van der Waals surface area (Å²) >= 11 is 0. The molecule has 0 aliphatic rings. The van der Waals surface area contributed by atoms with Gasteiger partial charge in [0.05, 0.1) is 5.92 Å². The molecular weight excluding hydrogens is 273 g/mol. The Bertz CT molecular complexity index is 473.